The number of rotatable bonds is 14. The Morgan fingerprint density at radius 3 is 0.705 bits per heavy atom. The fourth-order valence-corrected chi connectivity index (χ4v) is 21.0. The van der Waals surface area contributed by atoms with Crippen LogP contribution in [0, 0.1) is 0 Å². The van der Waals surface area contributed by atoms with Crippen LogP contribution >= 0.6 is 15.9 Å². The van der Waals surface area contributed by atoms with Crippen molar-refractivity contribution < 1.29 is 18.8 Å². The Morgan fingerprint density at radius 2 is 0.411 bits per heavy atom. The first-order chi connectivity index (χ1) is 71.7. The number of para-hydroxylation sites is 4. The number of aromatic nitrogens is 12. The minimum absolute atomic E-state index is 0.478. The Hall–Kier alpha value is -17.9. The molecule has 0 N–H and O–H groups in total. The minimum atomic E-state index is -0.730. The van der Waals surface area contributed by atoms with Gasteiger partial charge in [0.15, 0.2) is 69.9 Å². The van der Waals surface area contributed by atoms with Crippen molar-refractivity contribution in [3.63, 3.8) is 0 Å². The second kappa shape index (κ2) is 37.2. The number of hydrogen-bond donors (Lipinski definition) is 0. The third kappa shape index (κ3) is 16.0. The zero-order chi connectivity index (χ0) is 98.0. The Balaban J connectivity index is 0.000000126. The SMILES string of the molecule is Brc1ccc(-c2nc(-c3ccccc3)nc(-c3ccccc3)n2)cc1.CC1(C)OB(c2ccc3c(c2)C2(c4ccccc4Oc4ccccc42)c2cccc(-c4nc(-c5ccccc5)nc(-c5ccccc5)n4)c2-3)OC1(C)C.c1ccc(-c2nc(-c3ccccc3)nc(-c3ccc(-c4ccc5c(c4)C4(c6ccccc6Oc6ccccc64)c4cccc(-c6nc(-c7ccccc7)nc(-c7ccccc7)n6)c4-5)cc3)n2)cc1. The Morgan fingerprint density at radius 1 is 0.185 bits per heavy atom. The van der Waals surface area contributed by atoms with Crippen molar-refractivity contribution in [2.75, 3.05) is 0 Å². The summed E-state index contributed by atoms with van der Waals surface area (Å²) in [6.45, 7) is 8.38. The molecule has 0 radical (unpaired) electrons. The molecular weight excluding hydrogens is 1860 g/mol. The van der Waals surface area contributed by atoms with Gasteiger partial charge in [-0.1, -0.05) is 435 Å². The van der Waals surface area contributed by atoms with E-state index in [0.29, 0.717) is 69.9 Å². The van der Waals surface area contributed by atoms with Gasteiger partial charge in [-0.25, -0.2) is 59.8 Å². The number of ether oxygens (including phenoxy) is 2. The van der Waals surface area contributed by atoms with Crippen molar-refractivity contribution >= 4 is 28.5 Å². The maximum absolute atomic E-state index is 6.73. The molecule has 16 nitrogen and oxygen atoms in total. The average Bonchev–Trinajstić information content (AvgIpc) is 1.51. The third-order valence-electron chi connectivity index (χ3n) is 28.3. The predicted molar refractivity (Wildman–Crippen MR) is 582 cm³/mol. The normalized spacial score (nSPS) is 13.8. The van der Waals surface area contributed by atoms with Crippen LogP contribution in [-0.2, 0) is 20.1 Å². The van der Waals surface area contributed by atoms with Crippen LogP contribution < -0.4 is 14.9 Å². The summed E-state index contributed by atoms with van der Waals surface area (Å²) in [6, 6.07) is 157. The summed E-state index contributed by atoms with van der Waals surface area (Å²) in [7, 11) is -0.527. The fourth-order valence-electron chi connectivity index (χ4n) is 20.7. The van der Waals surface area contributed by atoms with E-state index in [9.17, 15) is 0 Å². The number of fused-ring (bicyclic) bond motifs is 18. The average molecular weight is 1950 g/mol. The van der Waals surface area contributed by atoms with E-state index >= 15 is 0 Å². The molecule has 694 valence electrons. The van der Waals surface area contributed by atoms with Crippen molar-refractivity contribution in [2.45, 2.75) is 49.7 Å². The van der Waals surface area contributed by atoms with Crippen molar-refractivity contribution in [1.29, 1.82) is 0 Å². The summed E-state index contributed by atoms with van der Waals surface area (Å²) in [4.78, 5) is 59.9. The first kappa shape index (κ1) is 89.4. The van der Waals surface area contributed by atoms with E-state index in [1.54, 1.807) is 0 Å². The fraction of sp³-hybridized carbons (Fsp3) is 0.0625. The number of nitrogens with zero attached hydrogens (tertiary/aromatic N) is 12. The van der Waals surface area contributed by atoms with Crippen LogP contribution in [0.25, 0.3) is 170 Å². The molecular formula is C128H88BBrN12O4. The van der Waals surface area contributed by atoms with E-state index in [2.05, 4.69) is 218 Å². The summed E-state index contributed by atoms with van der Waals surface area (Å²) in [5.74, 6) is 10.9. The minimum Gasteiger partial charge on any atom is -0.457 e. The Labute approximate surface area is 853 Å². The van der Waals surface area contributed by atoms with E-state index < -0.39 is 29.2 Å². The molecule has 27 rings (SSSR count). The van der Waals surface area contributed by atoms with Crippen LogP contribution in [0.5, 0.6) is 23.0 Å². The lowest BCUT2D eigenvalue weighted by molar-refractivity contribution is 0.00578. The largest absolute Gasteiger partial charge is 0.494 e. The molecule has 7 heterocycles. The maximum atomic E-state index is 6.73. The highest BCUT2D eigenvalue weighted by molar-refractivity contribution is 9.10. The third-order valence-corrected chi connectivity index (χ3v) is 28.9. The molecule has 0 amide bonds. The van der Waals surface area contributed by atoms with Crippen LogP contribution in [0.2, 0.25) is 0 Å². The smallest absolute Gasteiger partial charge is 0.457 e. The molecule has 22 aromatic rings. The summed E-state index contributed by atoms with van der Waals surface area (Å²) < 4.78 is 27.7. The molecule has 18 aromatic carbocycles. The van der Waals surface area contributed by atoms with E-state index in [0.717, 1.165) is 178 Å². The Bertz CT molecular complexity index is 8410. The van der Waals surface area contributed by atoms with Gasteiger partial charge >= 0.3 is 7.12 Å². The molecule has 3 aliphatic heterocycles. The molecule has 146 heavy (non-hydrogen) atoms. The summed E-state index contributed by atoms with van der Waals surface area (Å²) in [5, 5.41) is 0. The van der Waals surface area contributed by atoms with E-state index in [-0.39, 0.29) is 0 Å². The van der Waals surface area contributed by atoms with Gasteiger partial charge in [0.2, 0.25) is 0 Å². The highest BCUT2D eigenvalue weighted by atomic mass is 79.9. The highest BCUT2D eigenvalue weighted by Gasteiger charge is 2.56. The van der Waals surface area contributed by atoms with Gasteiger partial charge in [0.05, 0.1) is 22.0 Å². The zero-order valence-electron chi connectivity index (χ0n) is 79.8. The standard InChI is InChI=1S/C61H38N6O.C46H36BN3O3.C21H14BrN3/c1-5-18-40(19-6-1)55-62-56(41-20-7-2-8-21-41)64-59(63-55)44-34-32-39(33-35-44)45-36-37-46-51(38-45)61(48-27-13-15-30-52(48)68-53-31-16-14-28-49(53)61)50-29-17-26-47(54(46)50)60-66-57(42-22-9-3-10-23-42)65-58(67-60)43-24-11-4-12-25-43;1-44(2)45(3,4)53-47(52-44)31-26-27-32-37(28-31)46(34-21-11-13-24-38(34)51-39-25-14-12-22-35(39)46)36-23-15-20-33(40(32)36)43-49-41(29-16-7-5-8-17-29)48-42(50-43)30-18-9-6-10-19-30;22-18-13-11-17(12-14-18)21-24-19(15-7-3-1-4-8-15)23-20(25-21)16-9-5-2-6-10-16/h1-38H;5-28H,1-4H3;1-14H. The van der Waals surface area contributed by atoms with Gasteiger partial charge in [0, 0.05) is 93.5 Å². The predicted octanol–water partition coefficient (Wildman–Crippen LogP) is 29.5. The monoisotopic (exact) mass is 1950 g/mol. The van der Waals surface area contributed by atoms with Crippen LogP contribution in [0.15, 0.2) is 466 Å². The molecule has 1 saturated heterocycles. The second-order valence-corrected chi connectivity index (χ2v) is 38.5. The molecule has 4 aromatic heterocycles. The molecule has 18 heteroatoms. The first-order valence-corrected chi connectivity index (χ1v) is 49.5. The molecule has 2 spiro atoms. The topological polar surface area (TPSA) is 192 Å². The summed E-state index contributed by atoms with van der Waals surface area (Å²) >= 11 is 3.47. The van der Waals surface area contributed by atoms with Gasteiger partial charge in [-0.05, 0) is 131 Å². The molecule has 0 atom stereocenters. The van der Waals surface area contributed by atoms with Crippen LogP contribution in [0.4, 0.5) is 0 Å². The van der Waals surface area contributed by atoms with Crippen molar-refractivity contribution in [2.24, 2.45) is 0 Å². The molecule has 5 aliphatic rings. The second-order valence-electron chi connectivity index (χ2n) is 37.5. The number of hydrogen-bond acceptors (Lipinski definition) is 16. The lowest BCUT2D eigenvalue weighted by Crippen LogP contribution is -2.41. The van der Waals surface area contributed by atoms with E-state index in [4.69, 9.17) is 73.6 Å². The molecule has 2 aliphatic carbocycles. The van der Waals surface area contributed by atoms with E-state index in [1.807, 2.05) is 291 Å². The lowest BCUT2D eigenvalue weighted by atomic mass is 9.65. The van der Waals surface area contributed by atoms with Crippen molar-refractivity contribution in [3.05, 3.63) is 510 Å². The quantitative estimate of drug-likeness (QED) is 0.0933. The molecule has 0 bridgehead atoms. The van der Waals surface area contributed by atoms with Crippen molar-refractivity contribution in [3.8, 4) is 193 Å². The van der Waals surface area contributed by atoms with Crippen LogP contribution in [0.1, 0.15) is 72.2 Å². The van der Waals surface area contributed by atoms with E-state index in [1.165, 1.54) is 0 Å². The summed E-state index contributed by atoms with van der Waals surface area (Å²) in [6.07, 6.45) is 0. The maximum Gasteiger partial charge on any atom is 0.494 e. The number of halogens is 1. The highest BCUT2D eigenvalue weighted by Crippen LogP contribution is 2.66. The number of benzene rings is 18. The van der Waals surface area contributed by atoms with Gasteiger partial charge in [-0.15, -0.1) is 0 Å². The van der Waals surface area contributed by atoms with Crippen LogP contribution in [0.3, 0.4) is 0 Å². The van der Waals surface area contributed by atoms with Gasteiger partial charge in [0.1, 0.15) is 23.0 Å². The van der Waals surface area contributed by atoms with Gasteiger partial charge < -0.3 is 18.8 Å². The van der Waals surface area contributed by atoms with Crippen LogP contribution in [-0.4, -0.2) is 78.1 Å². The Kier molecular flexibility index (Phi) is 22.8. The molecule has 1 fully saturated rings. The van der Waals surface area contributed by atoms with Gasteiger partial charge in [0.25, 0.3) is 0 Å². The van der Waals surface area contributed by atoms with Crippen molar-refractivity contribution in [1.82, 2.24) is 59.8 Å². The first-order valence-electron chi connectivity index (χ1n) is 48.7. The lowest BCUT2D eigenvalue weighted by Gasteiger charge is -2.39. The molecule has 0 unspecified atom stereocenters. The van der Waals surface area contributed by atoms with Gasteiger partial charge in [-0.3, -0.25) is 0 Å². The zero-order valence-corrected chi connectivity index (χ0v) is 81.4. The molecule has 0 saturated carbocycles. The van der Waals surface area contributed by atoms with Gasteiger partial charge in [-0.2, -0.15) is 0 Å². The summed E-state index contributed by atoms with van der Waals surface area (Å²) in [5.41, 5.74) is 25.2.